The van der Waals surface area contributed by atoms with Gasteiger partial charge in [0.2, 0.25) is 0 Å². The van der Waals surface area contributed by atoms with Crippen LogP contribution < -0.4 is 0 Å². The van der Waals surface area contributed by atoms with Crippen molar-refractivity contribution in [2.45, 2.75) is 225 Å². The SMILES string of the molecule is CCCCCCCCCCCCCCCCCCC(=O)OC[C@H](COP(=O)(O)OCC[N+](C)(C)C)OC(=O)CCCCCCCCCCCCCCCC. The van der Waals surface area contributed by atoms with Gasteiger partial charge < -0.3 is 18.9 Å². The van der Waals surface area contributed by atoms with Gasteiger partial charge >= 0.3 is 19.8 Å². The largest absolute Gasteiger partial charge is 0.472 e. The Morgan fingerprint density at radius 2 is 0.833 bits per heavy atom. The second-order valence-electron chi connectivity index (χ2n) is 16.8. The highest BCUT2D eigenvalue weighted by Gasteiger charge is 2.27. The van der Waals surface area contributed by atoms with Crippen LogP contribution in [0.15, 0.2) is 0 Å². The topological polar surface area (TPSA) is 108 Å². The molecule has 0 aromatic rings. The number of carbonyl (C=O) groups excluding carboxylic acids is 2. The molecule has 1 unspecified atom stereocenters. The first-order valence-electron chi connectivity index (χ1n) is 22.8. The number of phosphoric acid groups is 1. The predicted molar refractivity (Wildman–Crippen MR) is 225 cm³/mol. The lowest BCUT2D eigenvalue weighted by Crippen LogP contribution is -2.37. The fraction of sp³-hybridized carbons (Fsp3) is 0.955. The molecule has 322 valence electrons. The molecule has 0 aliphatic carbocycles. The van der Waals surface area contributed by atoms with Crippen LogP contribution in [-0.4, -0.2) is 74.9 Å². The molecule has 0 aromatic carbocycles. The molecule has 10 heteroatoms. The molecule has 0 saturated heterocycles. The maximum atomic E-state index is 12.7. The van der Waals surface area contributed by atoms with Crippen LogP contribution in [0, 0.1) is 0 Å². The summed E-state index contributed by atoms with van der Waals surface area (Å²) in [5, 5.41) is 0. The zero-order valence-electron chi connectivity index (χ0n) is 36.2. The lowest BCUT2D eigenvalue weighted by molar-refractivity contribution is -0.870. The molecule has 0 aliphatic rings. The first kappa shape index (κ1) is 53.0. The van der Waals surface area contributed by atoms with Crippen LogP contribution in [0.1, 0.15) is 219 Å². The Kier molecular flexibility index (Phi) is 36.9. The number of rotatable bonds is 42. The van der Waals surface area contributed by atoms with Crippen molar-refractivity contribution in [2.75, 3.05) is 47.5 Å². The number of phosphoric ester groups is 1. The highest BCUT2D eigenvalue weighted by atomic mass is 31.2. The van der Waals surface area contributed by atoms with Crippen molar-refractivity contribution in [2.24, 2.45) is 0 Å². The molecule has 9 nitrogen and oxygen atoms in total. The zero-order chi connectivity index (χ0) is 40.0. The summed E-state index contributed by atoms with van der Waals surface area (Å²) in [5.41, 5.74) is 0. The van der Waals surface area contributed by atoms with Gasteiger partial charge in [-0.3, -0.25) is 18.6 Å². The number of unbranched alkanes of at least 4 members (excludes halogenated alkanes) is 28. The molecular formula is C44H89NO8P+. The third kappa shape index (κ3) is 40.7. The van der Waals surface area contributed by atoms with Gasteiger partial charge in [-0.05, 0) is 12.8 Å². The van der Waals surface area contributed by atoms with E-state index in [1.54, 1.807) is 0 Å². The molecular weight excluding hydrogens is 701 g/mol. The van der Waals surface area contributed by atoms with Gasteiger partial charge in [-0.15, -0.1) is 0 Å². The number of likely N-dealkylation sites (N-methyl/N-ethyl adjacent to an activating group) is 1. The summed E-state index contributed by atoms with van der Waals surface area (Å²) in [5.74, 6) is -0.783. The summed E-state index contributed by atoms with van der Waals surface area (Å²) in [4.78, 5) is 35.4. The maximum Gasteiger partial charge on any atom is 0.472 e. The van der Waals surface area contributed by atoms with Gasteiger partial charge in [0.25, 0.3) is 0 Å². The molecule has 0 radical (unpaired) electrons. The van der Waals surface area contributed by atoms with Crippen molar-refractivity contribution in [3.05, 3.63) is 0 Å². The van der Waals surface area contributed by atoms with Crippen LogP contribution in [0.2, 0.25) is 0 Å². The number of nitrogens with zero attached hydrogens (tertiary/aromatic N) is 1. The minimum atomic E-state index is -4.36. The third-order valence-corrected chi connectivity index (χ3v) is 11.1. The van der Waals surface area contributed by atoms with Crippen molar-refractivity contribution in [3.8, 4) is 0 Å². The molecule has 0 saturated carbocycles. The highest BCUT2D eigenvalue weighted by Crippen LogP contribution is 2.43. The van der Waals surface area contributed by atoms with Gasteiger partial charge in [-0.1, -0.05) is 194 Å². The summed E-state index contributed by atoms with van der Waals surface area (Å²) in [6.07, 6.45) is 37.1. The first-order valence-corrected chi connectivity index (χ1v) is 24.3. The highest BCUT2D eigenvalue weighted by molar-refractivity contribution is 7.47. The van der Waals surface area contributed by atoms with Crippen molar-refractivity contribution in [1.82, 2.24) is 0 Å². The lowest BCUT2D eigenvalue weighted by atomic mass is 10.0. The van der Waals surface area contributed by atoms with Crippen LogP contribution in [-0.2, 0) is 32.7 Å². The van der Waals surface area contributed by atoms with Crippen LogP contribution >= 0.6 is 7.82 Å². The average Bonchev–Trinajstić information content (AvgIpc) is 3.12. The quantitative estimate of drug-likeness (QED) is 0.0282. The molecule has 0 spiro atoms. The second kappa shape index (κ2) is 37.6. The molecule has 0 heterocycles. The van der Waals surface area contributed by atoms with Gasteiger partial charge in [0, 0.05) is 12.8 Å². The summed E-state index contributed by atoms with van der Waals surface area (Å²) in [6, 6.07) is 0. The number of carbonyl (C=O) groups is 2. The normalized spacial score (nSPS) is 13.5. The predicted octanol–water partition coefficient (Wildman–Crippen LogP) is 12.8. The van der Waals surface area contributed by atoms with E-state index < -0.39 is 26.5 Å². The summed E-state index contributed by atoms with van der Waals surface area (Å²) in [6.45, 7) is 4.46. The summed E-state index contributed by atoms with van der Waals surface area (Å²) in [7, 11) is 1.49. The minimum Gasteiger partial charge on any atom is -0.462 e. The van der Waals surface area contributed by atoms with Gasteiger partial charge in [0.05, 0.1) is 27.7 Å². The zero-order valence-corrected chi connectivity index (χ0v) is 37.1. The minimum absolute atomic E-state index is 0.0369. The summed E-state index contributed by atoms with van der Waals surface area (Å²) < 4.78 is 34.3. The monoisotopic (exact) mass is 791 g/mol. The number of hydrogen-bond acceptors (Lipinski definition) is 7. The van der Waals surface area contributed by atoms with Gasteiger partial charge in [-0.2, -0.15) is 0 Å². The van der Waals surface area contributed by atoms with E-state index in [0.717, 1.165) is 38.5 Å². The second-order valence-corrected chi connectivity index (χ2v) is 18.3. The van der Waals surface area contributed by atoms with Crippen LogP contribution in [0.4, 0.5) is 0 Å². The Hall–Kier alpha value is -0.990. The van der Waals surface area contributed by atoms with Gasteiger partial charge in [-0.25, -0.2) is 4.57 Å². The van der Waals surface area contributed by atoms with Crippen LogP contribution in [0.5, 0.6) is 0 Å². The molecule has 0 amide bonds. The van der Waals surface area contributed by atoms with Gasteiger partial charge in [0.1, 0.15) is 19.8 Å². The van der Waals surface area contributed by atoms with Gasteiger partial charge in [0.15, 0.2) is 6.10 Å². The van der Waals surface area contributed by atoms with Crippen molar-refractivity contribution in [1.29, 1.82) is 0 Å². The van der Waals surface area contributed by atoms with E-state index in [1.807, 2.05) is 21.1 Å². The smallest absolute Gasteiger partial charge is 0.462 e. The Labute approximate surface area is 334 Å². The van der Waals surface area contributed by atoms with Crippen molar-refractivity contribution in [3.63, 3.8) is 0 Å². The van der Waals surface area contributed by atoms with E-state index >= 15 is 0 Å². The number of esters is 2. The van der Waals surface area contributed by atoms with Crippen LogP contribution in [0.25, 0.3) is 0 Å². The molecule has 0 aliphatic heterocycles. The number of quaternary nitrogens is 1. The molecule has 0 fully saturated rings. The third-order valence-electron chi connectivity index (χ3n) is 10.1. The van der Waals surface area contributed by atoms with E-state index in [9.17, 15) is 19.0 Å². The van der Waals surface area contributed by atoms with E-state index in [2.05, 4.69) is 13.8 Å². The average molecular weight is 791 g/mol. The van der Waals surface area contributed by atoms with E-state index in [0.29, 0.717) is 17.4 Å². The Bertz CT molecular complexity index is 896. The van der Waals surface area contributed by atoms with E-state index in [4.69, 9.17) is 18.5 Å². The standard InChI is InChI=1S/C44H88NO8P/c1-6-8-10-12-14-16-18-20-22-23-25-26-28-30-32-34-36-43(46)50-40-42(41-52-54(48,49)51-39-38-45(3,4)5)53-44(47)37-35-33-31-29-27-24-21-19-17-15-13-11-9-7-2/h42H,6-41H2,1-5H3/p+1/t42-/m1/s1. The molecule has 0 aromatic heterocycles. The molecule has 1 N–H and O–H groups in total. The molecule has 0 bridgehead atoms. The first-order chi connectivity index (χ1) is 26.0. The maximum absolute atomic E-state index is 12.7. The van der Waals surface area contributed by atoms with E-state index in [1.165, 1.54) is 154 Å². The fourth-order valence-electron chi connectivity index (χ4n) is 6.54. The molecule has 2 atom stereocenters. The van der Waals surface area contributed by atoms with Crippen molar-refractivity contribution >= 4 is 19.8 Å². The van der Waals surface area contributed by atoms with Crippen molar-refractivity contribution < 1.29 is 42.1 Å². The fourth-order valence-corrected chi connectivity index (χ4v) is 7.29. The Morgan fingerprint density at radius 3 is 1.19 bits per heavy atom. The van der Waals surface area contributed by atoms with Crippen LogP contribution in [0.3, 0.4) is 0 Å². The molecule has 54 heavy (non-hydrogen) atoms. The Morgan fingerprint density at radius 1 is 0.500 bits per heavy atom. The van der Waals surface area contributed by atoms with E-state index in [-0.39, 0.29) is 25.6 Å². The number of hydrogen-bond donors (Lipinski definition) is 1. The summed E-state index contributed by atoms with van der Waals surface area (Å²) >= 11 is 0. The lowest BCUT2D eigenvalue weighted by Gasteiger charge is -2.24. The Balaban J connectivity index is 4.29. The number of ether oxygens (including phenoxy) is 2. The molecule has 0 rings (SSSR count).